The second-order valence-electron chi connectivity index (χ2n) is 6.44. The summed E-state index contributed by atoms with van der Waals surface area (Å²) in [6.07, 6.45) is 0.966. The molecule has 0 saturated carbocycles. The first-order chi connectivity index (χ1) is 11.8. The SMILES string of the molecule is C[N+](C)(CCN=C([O-])c1nc(Cl)c(N)nc1N)CCc1ccccc1. The molecule has 0 aliphatic rings. The predicted molar refractivity (Wildman–Crippen MR) is 99.3 cm³/mol. The molecule has 8 heteroatoms. The van der Waals surface area contributed by atoms with Crippen molar-refractivity contribution in [3.63, 3.8) is 0 Å². The topological polar surface area (TPSA) is 113 Å². The number of benzene rings is 1. The van der Waals surface area contributed by atoms with E-state index in [0.29, 0.717) is 13.1 Å². The average Bonchev–Trinajstić information content (AvgIpc) is 2.57. The molecule has 0 fully saturated rings. The van der Waals surface area contributed by atoms with E-state index in [0.717, 1.165) is 17.4 Å². The van der Waals surface area contributed by atoms with E-state index in [1.165, 1.54) is 5.56 Å². The van der Waals surface area contributed by atoms with E-state index in [1.54, 1.807) is 0 Å². The number of nitrogens with zero attached hydrogens (tertiary/aromatic N) is 4. The van der Waals surface area contributed by atoms with Crippen LogP contribution in [0.25, 0.3) is 0 Å². The van der Waals surface area contributed by atoms with Crippen LogP contribution in [0.2, 0.25) is 5.15 Å². The Bertz CT molecular complexity index is 748. The Kier molecular flexibility index (Phi) is 6.17. The minimum absolute atomic E-state index is 0.00516. The Hall–Kier alpha value is -2.38. The Labute approximate surface area is 152 Å². The lowest BCUT2D eigenvalue weighted by atomic mass is 10.1. The van der Waals surface area contributed by atoms with Crippen LogP contribution in [0.1, 0.15) is 11.3 Å². The van der Waals surface area contributed by atoms with Crippen LogP contribution in [-0.4, -0.2) is 54.1 Å². The number of anilines is 2. The van der Waals surface area contributed by atoms with E-state index < -0.39 is 5.90 Å². The molecule has 1 aromatic carbocycles. The molecule has 0 aliphatic carbocycles. The number of rotatable bonds is 7. The second-order valence-corrected chi connectivity index (χ2v) is 6.80. The molecule has 0 saturated heterocycles. The maximum atomic E-state index is 12.1. The van der Waals surface area contributed by atoms with E-state index in [2.05, 4.69) is 41.2 Å². The van der Waals surface area contributed by atoms with Crippen molar-refractivity contribution in [3.05, 3.63) is 46.7 Å². The van der Waals surface area contributed by atoms with Crippen LogP contribution in [0.15, 0.2) is 35.3 Å². The number of aromatic nitrogens is 2. The van der Waals surface area contributed by atoms with Gasteiger partial charge in [0, 0.05) is 12.3 Å². The highest BCUT2D eigenvalue weighted by Gasteiger charge is 2.14. The van der Waals surface area contributed by atoms with Crippen molar-refractivity contribution in [2.75, 3.05) is 45.2 Å². The lowest BCUT2D eigenvalue weighted by Crippen LogP contribution is -2.43. The lowest BCUT2D eigenvalue weighted by Gasteiger charge is -2.29. The Morgan fingerprint density at radius 3 is 2.48 bits per heavy atom. The van der Waals surface area contributed by atoms with Crippen LogP contribution < -0.4 is 16.6 Å². The first-order valence-corrected chi connectivity index (χ1v) is 8.32. The van der Waals surface area contributed by atoms with Gasteiger partial charge in [-0.1, -0.05) is 41.9 Å². The molecule has 2 rings (SSSR count). The number of hydrogen-bond acceptors (Lipinski definition) is 6. The molecule has 1 aromatic heterocycles. The summed E-state index contributed by atoms with van der Waals surface area (Å²) in [6.45, 7) is 2.03. The third kappa shape index (κ3) is 5.58. The number of aliphatic imine (C=N–C) groups is 1. The van der Waals surface area contributed by atoms with Gasteiger partial charge in [-0.05, 0) is 5.56 Å². The molecule has 1 heterocycles. The number of hydrogen-bond donors (Lipinski definition) is 2. The monoisotopic (exact) mass is 362 g/mol. The normalized spacial score (nSPS) is 12.4. The first kappa shape index (κ1) is 19.0. The summed E-state index contributed by atoms with van der Waals surface area (Å²) in [4.78, 5) is 11.7. The first-order valence-electron chi connectivity index (χ1n) is 7.95. The largest absolute Gasteiger partial charge is 0.857 e. The fraction of sp³-hybridized carbons (Fsp3) is 0.353. The lowest BCUT2D eigenvalue weighted by molar-refractivity contribution is -0.888. The van der Waals surface area contributed by atoms with Crippen molar-refractivity contribution in [2.45, 2.75) is 6.42 Å². The highest BCUT2D eigenvalue weighted by atomic mass is 35.5. The van der Waals surface area contributed by atoms with Gasteiger partial charge < -0.3 is 21.1 Å². The molecule has 7 nitrogen and oxygen atoms in total. The van der Waals surface area contributed by atoms with E-state index in [4.69, 9.17) is 23.1 Å². The summed E-state index contributed by atoms with van der Waals surface area (Å²) in [7, 11) is 4.22. The van der Waals surface area contributed by atoms with Crippen LogP contribution in [0.5, 0.6) is 0 Å². The van der Waals surface area contributed by atoms with E-state index in [9.17, 15) is 5.11 Å². The number of likely N-dealkylation sites (N-methyl/N-ethyl adjacent to an activating group) is 1. The highest BCUT2D eigenvalue weighted by molar-refractivity contribution is 6.31. The zero-order valence-electron chi connectivity index (χ0n) is 14.4. The molecular weight excluding hydrogens is 340 g/mol. The number of halogens is 1. The maximum absolute atomic E-state index is 12.1. The molecular formula is C17H23ClN6O. The van der Waals surface area contributed by atoms with E-state index in [-0.39, 0.29) is 22.5 Å². The Morgan fingerprint density at radius 2 is 1.80 bits per heavy atom. The molecule has 0 bridgehead atoms. The van der Waals surface area contributed by atoms with Gasteiger partial charge in [0.1, 0.15) is 5.69 Å². The van der Waals surface area contributed by atoms with Crippen LogP contribution in [0.3, 0.4) is 0 Å². The van der Waals surface area contributed by atoms with Crippen molar-refractivity contribution < 1.29 is 9.59 Å². The van der Waals surface area contributed by atoms with Gasteiger partial charge in [-0.15, -0.1) is 0 Å². The molecule has 2 aromatic rings. The van der Waals surface area contributed by atoms with Crippen LogP contribution in [-0.2, 0) is 6.42 Å². The zero-order chi connectivity index (χ0) is 18.4. The van der Waals surface area contributed by atoms with Gasteiger partial charge in [0.15, 0.2) is 16.8 Å². The minimum atomic E-state index is -0.532. The number of nitrogen functional groups attached to an aromatic ring is 2. The molecule has 4 N–H and O–H groups in total. The molecule has 25 heavy (non-hydrogen) atoms. The summed E-state index contributed by atoms with van der Waals surface area (Å²) in [5.41, 5.74) is 12.4. The van der Waals surface area contributed by atoms with Gasteiger partial charge in [0.2, 0.25) is 0 Å². The number of quaternary nitrogens is 1. The third-order valence-corrected chi connectivity index (χ3v) is 4.19. The summed E-state index contributed by atoms with van der Waals surface area (Å²) < 4.78 is 0.745. The maximum Gasteiger partial charge on any atom is 0.172 e. The average molecular weight is 363 g/mol. The van der Waals surface area contributed by atoms with Crippen molar-refractivity contribution in [3.8, 4) is 0 Å². The van der Waals surface area contributed by atoms with Crippen molar-refractivity contribution in [2.24, 2.45) is 4.99 Å². The van der Waals surface area contributed by atoms with Crippen molar-refractivity contribution in [1.82, 2.24) is 9.97 Å². The molecule has 134 valence electrons. The summed E-state index contributed by atoms with van der Waals surface area (Å²) >= 11 is 5.78. The van der Waals surface area contributed by atoms with Crippen molar-refractivity contribution in [1.29, 1.82) is 0 Å². The van der Waals surface area contributed by atoms with Crippen LogP contribution in [0.4, 0.5) is 11.6 Å². The zero-order valence-corrected chi connectivity index (χ0v) is 15.2. The molecule has 0 aliphatic heterocycles. The van der Waals surface area contributed by atoms with E-state index >= 15 is 0 Å². The second kappa shape index (κ2) is 8.13. The van der Waals surface area contributed by atoms with Gasteiger partial charge in [0.25, 0.3) is 0 Å². The van der Waals surface area contributed by atoms with Gasteiger partial charge >= 0.3 is 0 Å². The van der Waals surface area contributed by atoms with E-state index in [1.807, 2.05) is 18.2 Å². The standard InChI is InChI=1S/C17H23ClN6O/c1-24(2,10-8-12-6-4-3-5-7-12)11-9-21-17(25)13-15(19)23-16(20)14(18)22-13/h3-7H,8-11H2,1-2H3,(H4-,19,20,21,23,25). The van der Waals surface area contributed by atoms with Gasteiger partial charge in [-0.25, -0.2) is 9.97 Å². The molecule has 0 unspecified atom stereocenters. The Balaban J connectivity index is 1.93. The third-order valence-electron chi connectivity index (χ3n) is 3.92. The fourth-order valence-electron chi connectivity index (χ4n) is 2.28. The highest BCUT2D eigenvalue weighted by Crippen LogP contribution is 2.17. The number of nitrogens with two attached hydrogens (primary N) is 2. The molecule has 0 radical (unpaired) electrons. The summed E-state index contributed by atoms with van der Waals surface area (Å²) in [5.74, 6) is -0.599. The quantitative estimate of drug-likeness (QED) is 0.428. The molecule has 0 spiro atoms. The minimum Gasteiger partial charge on any atom is -0.857 e. The van der Waals surface area contributed by atoms with Crippen molar-refractivity contribution >= 4 is 29.1 Å². The summed E-state index contributed by atoms with van der Waals surface area (Å²) in [5, 5.41) is 12.1. The van der Waals surface area contributed by atoms with Gasteiger partial charge in [0.05, 0.1) is 33.7 Å². The molecule has 0 atom stereocenters. The fourth-order valence-corrected chi connectivity index (χ4v) is 2.41. The van der Waals surface area contributed by atoms with Crippen LogP contribution in [0, 0.1) is 0 Å². The molecule has 0 amide bonds. The van der Waals surface area contributed by atoms with Gasteiger partial charge in [-0.2, -0.15) is 0 Å². The smallest absolute Gasteiger partial charge is 0.172 e. The van der Waals surface area contributed by atoms with Crippen LogP contribution >= 0.6 is 11.6 Å². The Morgan fingerprint density at radius 1 is 1.12 bits per heavy atom. The predicted octanol–water partition coefficient (Wildman–Crippen LogP) is 0.720. The summed E-state index contributed by atoms with van der Waals surface area (Å²) in [6, 6.07) is 10.3. The van der Waals surface area contributed by atoms with Gasteiger partial charge in [-0.3, -0.25) is 4.99 Å².